The maximum atomic E-state index is 13.6. The van der Waals surface area contributed by atoms with Crippen LogP contribution in [0.2, 0.25) is 0 Å². The van der Waals surface area contributed by atoms with Crippen LogP contribution in [0.1, 0.15) is 109 Å². The zero-order valence-corrected chi connectivity index (χ0v) is 33.7. The average molecular weight is 807 g/mol. The largest absolute Gasteiger partial charge is 0.464 e. The third kappa shape index (κ3) is 12.8. The molecule has 3 amide bonds. The van der Waals surface area contributed by atoms with E-state index in [4.69, 9.17) is 18.4 Å². The molecule has 2 unspecified atom stereocenters. The number of guanidine groups is 1. The minimum absolute atomic E-state index is 0.0993. The van der Waals surface area contributed by atoms with Gasteiger partial charge in [0.25, 0.3) is 0 Å². The van der Waals surface area contributed by atoms with Crippen molar-refractivity contribution in [1.82, 2.24) is 14.9 Å². The first kappa shape index (κ1) is 42.2. The zero-order valence-electron chi connectivity index (χ0n) is 32.9. The fourth-order valence-corrected chi connectivity index (χ4v) is 9.35. The average Bonchev–Trinajstić information content (AvgIpc) is 3.24. The number of carbonyl (C=O) groups is 4. The molecular formula is C43H58N4O9S. The first-order chi connectivity index (χ1) is 27.8. The number of alkyl carbamates (subject to hydrolysis) is 2. The van der Waals surface area contributed by atoms with Crippen LogP contribution in [0.25, 0.3) is 11.1 Å². The summed E-state index contributed by atoms with van der Waals surface area (Å²) in [7, 11) is 0. The van der Waals surface area contributed by atoms with Gasteiger partial charge in [-0.25, -0.2) is 18.7 Å². The summed E-state index contributed by atoms with van der Waals surface area (Å²) in [5, 5.41) is 5.11. The van der Waals surface area contributed by atoms with Crippen molar-refractivity contribution in [3.8, 4) is 16.9 Å². The van der Waals surface area contributed by atoms with E-state index >= 15 is 0 Å². The summed E-state index contributed by atoms with van der Waals surface area (Å²) < 4.78 is 36.9. The van der Waals surface area contributed by atoms with Gasteiger partial charge in [-0.1, -0.05) is 100 Å². The Morgan fingerprint density at radius 2 is 1.16 bits per heavy atom. The Morgan fingerprint density at radius 1 is 0.667 bits per heavy atom. The van der Waals surface area contributed by atoms with E-state index in [9.17, 15) is 23.4 Å². The number of rotatable bonds is 15. The molecule has 2 aromatic rings. The van der Waals surface area contributed by atoms with Crippen molar-refractivity contribution in [2.45, 2.75) is 115 Å². The highest BCUT2D eigenvalue weighted by Crippen LogP contribution is 2.35. The molecule has 13 nitrogen and oxygen atoms in total. The third-order valence-electron chi connectivity index (χ3n) is 11.6. The van der Waals surface area contributed by atoms with E-state index in [1.807, 2.05) is 42.5 Å². The van der Waals surface area contributed by atoms with E-state index in [1.54, 1.807) is 12.1 Å². The molecule has 6 rings (SSSR count). The van der Waals surface area contributed by atoms with E-state index in [0.717, 1.165) is 92.5 Å². The van der Waals surface area contributed by atoms with Gasteiger partial charge < -0.3 is 18.4 Å². The zero-order chi connectivity index (χ0) is 39.8. The summed E-state index contributed by atoms with van der Waals surface area (Å²) >= 11 is -2.29. The summed E-state index contributed by atoms with van der Waals surface area (Å²) in [5.41, 5.74) is 1.96. The highest BCUT2D eigenvalue weighted by Gasteiger charge is 2.56. The monoisotopic (exact) mass is 806 g/mol. The molecule has 2 N–H and O–H groups in total. The quantitative estimate of drug-likeness (QED) is 0.0454. The van der Waals surface area contributed by atoms with Gasteiger partial charge in [0.05, 0.1) is 25.7 Å². The number of hydrogen-bond acceptors (Lipinski definition) is 10. The first-order valence-corrected chi connectivity index (χ1v) is 22.0. The van der Waals surface area contributed by atoms with Crippen LogP contribution in [0.5, 0.6) is 5.75 Å². The number of carbonyl (C=O) groups excluding carboxylic acids is 4. The maximum absolute atomic E-state index is 13.6. The van der Waals surface area contributed by atoms with Gasteiger partial charge in [0.15, 0.2) is 6.04 Å². The van der Waals surface area contributed by atoms with Crippen molar-refractivity contribution in [2.75, 3.05) is 26.4 Å². The number of benzene rings is 2. The lowest BCUT2D eigenvalue weighted by Crippen LogP contribution is -2.65. The molecule has 3 aliphatic carbocycles. The molecule has 0 spiro atoms. The number of esters is 1. The van der Waals surface area contributed by atoms with Crippen molar-refractivity contribution >= 4 is 41.3 Å². The van der Waals surface area contributed by atoms with Gasteiger partial charge in [-0.2, -0.15) is 4.21 Å². The molecule has 1 heterocycles. The fraction of sp³-hybridized carbons (Fsp3) is 0.605. The molecule has 14 heteroatoms. The van der Waals surface area contributed by atoms with Crippen molar-refractivity contribution in [3.63, 3.8) is 0 Å². The summed E-state index contributed by atoms with van der Waals surface area (Å²) in [5.74, 6) is -0.878. The molecule has 0 radical (unpaired) electrons. The van der Waals surface area contributed by atoms with Gasteiger partial charge in [-0.05, 0) is 92.4 Å². The molecule has 310 valence electrons. The minimum Gasteiger partial charge on any atom is -0.464 e. The van der Waals surface area contributed by atoms with Gasteiger partial charge in [0.2, 0.25) is 11.9 Å². The lowest BCUT2D eigenvalue weighted by atomic mass is 9.86. The SMILES string of the molecule is O=C(NC(=NCCC[C@H]1C(=O)N(S(=O)Oc2ccc(-c3ccccc3)cc2)C1C(=O)OCC1CCCCC1)NC(=O)OCC1CCCCC1)OCC1CCCCC1. The van der Waals surface area contributed by atoms with Gasteiger partial charge >= 0.3 is 29.4 Å². The summed E-state index contributed by atoms with van der Waals surface area (Å²) in [6.45, 7) is 0.918. The van der Waals surface area contributed by atoms with Gasteiger partial charge in [-0.15, -0.1) is 0 Å². The molecule has 4 aliphatic rings. The van der Waals surface area contributed by atoms with E-state index in [-0.39, 0.29) is 50.4 Å². The van der Waals surface area contributed by atoms with E-state index < -0.39 is 47.3 Å². The predicted octanol–water partition coefficient (Wildman–Crippen LogP) is 8.01. The molecule has 3 atom stereocenters. The van der Waals surface area contributed by atoms with E-state index in [2.05, 4.69) is 15.6 Å². The van der Waals surface area contributed by atoms with Gasteiger partial charge in [-0.3, -0.25) is 20.4 Å². The standard InChI is InChI=1S/C43H58N4O9S/c48-39-37(22-13-27-44-41(45-42(50)54-29-32-16-7-2-8-17-32)46-43(51)55-30-33-18-9-3-10-19-33)38(40(49)53-28-31-14-5-1-6-15-31)47(39)57(52)56-36-25-23-35(24-26-36)34-20-11-4-12-21-34/h4,11-12,20-21,23-26,31-33,37-38H,1-3,5-10,13-19,22,27-30H2,(H2,44,45,46,50,51)/t37-,38?,57?/m1/s1. The molecule has 0 aromatic heterocycles. The van der Waals surface area contributed by atoms with Gasteiger partial charge in [0, 0.05) is 6.54 Å². The summed E-state index contributed by atoms with van der Waals surface area (Å²) in [6, 6.07) is 15.7. The van der Waals surface area contributed by atoms with Crippen molar-refractivity contribution in [3.05, 3.63) is 54.6 Å². The number of hydrogen-bond donors (Lipinski definition) is 2. The maximum Gasteiger partial charge on any atom is 0.413 e. The van der Waals surface area contributed by atoms with E-state index in [0.29, 0.717) is 18.3 Å². The molecule has 4 fully saturated rings. The van der Waals surface area contributed by atoms with Crippen LogP contribution in [0.3, 0.4) is 0 Å². The molecule has 3 saturated carbocycles. The Balaban J connectivity index is 1.07. The molecule has 0 bridgehead atoms. The number of amides is 3. The molecule has 57 heavy (non-hydrogen) atoms. The molecule has 1 saturated heterocycles. The normalized spacial score (nSPS) is 21.1. The predicted molar refractivity (Wildman–Crippen MR) is 216 cm³/mol. The van der Waals surface area contributed by atoms with Crippen molar-refractivity contribution in [1.29, 1.82) is 0 Å². The van der Waals surface area contributed by atoms with Gasteiger partial charge in [0.1, 0.15) is 5.75 Å². The fourth-order valence-electron chi connectivity index (χ4n) is 8.29. The Bertz CT molecular complexity index is 1630. The topological polar surface area (TPSA) is 162 Å². The van der Waals surface area contributed by atoms with Crippen molar-refractivity contribution in [2.24, 2.45) is 28.7 Å². The van der Waals surface area contributed by atoms with Crippen LogP contribution in [-0.2, 0) is 35.1 Å². The van der Waals surface area contributed by atoms with Crippen LogP contribution >= 0.6 is 0 Å². The second kappa shape index (κ2) is 21.9. The number of nitrogens with zero attached hydrogens (tertiary/aromatic N) is 2. The lowest BCUT2D eigenvalue weighted by Gasteiger charge is -2.42. The van der Waals surface area contributed by atoms with Crippen LogP contribution in [0.4, 0.5) is 9.59 Å². The number of nitrogens with one attached hydrogen (secondary N) is 2. The summed E-state index contributed by atoms with van der Waals surface area (Å²) in [4.78, 5) is 57.1. The number of β-lactam (4-membered cyclic amide) rings is 1. The van der Waals surface area contributed by atoms with Crippen LogP contribution in [0.15, 0.2) is 59.6 Å². The highest BCUT2D eigenvalue weighted by molar-refractivity contribution is 7.78. The Labute approximate surface area is 338 Å². The second-order valence-electron chi connectivity index (χ2n) is 15.9. The second-order valence-corrected chi connectivity index (χ2v) is 16.9. The highest BCUT2D eigenvalue weighted by atomic mass is 32.2. The number of aliphatic imine (C=N–C) groups is 1. The van der Waals surface area contributed by atoms with Crippen LogP contribution in [0, 0.1) is 23.7 Å². The third-order valence-corrected chi connectivity index (χ3v) is 12.7. The smallest absolute Gasteiger partial charge is 0.413 e. The van der Waals surface area contributed by atoms with Crippen LogP contribution in [-0.4, -0.2) is 70.9 Å². The molecule has 2 aromatic carbocycles. The Hall–Kier alpha value is -4.46. The minimum atomic E-state index is -2.29. The van der Waals surface area contributed by atoms with Crippen molar-refractivity contribution < 1.29 is 41.8 Å². The first-order valence-electron chi connectivity index (χ1n) is 21.0. The number of ether oxygens (including phenoxy) is 3. The Kier molecular flexibility index (Phi) is 16.2. The molecular weight excluding hydrogens is 749 g/mol. The Morgan fingerprint density at radius 3 is 1.68 bits per heavy atom. The summed E-state index contributed by atoms with van der Waals surface area (Å²) in [6.07, 6.45) is 15.2. The van der Waals surface area contributed by atoms with Crippen LogP contribution < -0.4 is 14.8 Å². The van der Waals surface area contributed by atoms with E-state index in [1.165, 1.54) is 19.3 Å². The lowest BCUT2D eigenvalue weighted by molar-refractivity contribution is -0.168. The molecule has 1 aliphatic heterocycles.